The zero-order valence-corrected chi connectivity index (χ0v) is 12.4. The van der Waals surface area contributed by atoms with Crippen molar-refractivity contribution in [2.75, 3.05) is 11.1 Å². The summed E-state index contributed by atoms with van der Waals surface area (Å²) in [5, 5.41) is 2.89. The summed E-state index contributed by atoms with van der Waals surface area (Å²) in [6, 6.07) is 15.0. The van der Waals surface area contributed by atoms with Gasteiger partial charge in [0.15, 0.2) is 0 Å². The van der Waals surface area contributed by atoms with Gasteiger partial charge in [0.1, 0.15) is 0 Å². The standard InChI is InChI=1S/C18H22N2O/c1-2-3-4-5-14-6-12-17(13-7-14)20-18(21)15-8-10-16(19)11-9-15/h6-13H,2-5,19H2,1H3,(H,20,21). The third-order valence-electron chi connectivity index (χ3n) is 3.45. The molecule has 0 bridgehead atoms. The number of benzene rings is 2. The lowest BCUT2D eigenvalue weighted by Crippen LogP contribution is -2.11. The first-order valence-electron chi connectivity index (χ1n) is 7.45. The second kappa shape index (κ2) is 7.48. The molecule has 0 spiro atoms. The molecular formula is C18H22N2O. The molecule has 0 aliphatic carbocycles. The number of amides is 1. The van der Waals surface area contributed by atoms with Crippen molar-refractivity contribution in [3.05, 3.63) is 59.7 Å². The van der Waals surface area contributed by atoms with Crippen molar-refractivity contribution >= 4 is 17.3 Å². The Kier molecular flexibility index (Phi) is 5.38. The molecule has 3 heteroatoms. The highest BCUT2D eigenvalue weighted by Crippen LogP contribution is 2.14. The summed E-state index contributed by atoms with van der Waals surface area (Å²) in [6.45, 7) is 2.20. The molecular weight excluding hydrogens is 260 g/mol. The number of aryl methyl sites for hydroxylation is 1. The van der Waals surface area contributed by atoms with Crippen molar-refractivity contribution in [3.63, 3.8) is 0 Å². The van der Waals surface area contributed by atoms with Crippen LogP contribution in [0.2, 0.25) is 0 Å². The molecule has 0 fully saturated rings. The number of nitrogens with two attached hydrogens (primary N) is 1. The van der Waals surface area contributed by atoms with Crippen LogP contribution in [0.1, 0.15) is 42.1 Å². The average Bonchev–Trinajstić information content (AvgIpc) is 2.50. The van der Waals surface area contributed by atoms with Crippen molar-refractivity contribution < 1.29 is 4.79 Å². The molecule has 0 unspecified atom stereocenters. The van der Waals surface area contributed by atoms with Gasteiger partial charge in [-0.25, -0.2) is 0 Å². The molecule has 21 heavy (non-hydrogen) atoms. The predicted molar refractivity (Wildman–Crippen MR) is 88.5 cm³/mol. The van der Waals surface area contributed by atoms with Gasteiger partial charge in [-0.1, -0.05) is 31.9 Å². The fourth-order valence-electron chi connectivity index (χ4n) is 2.17. The van der Waals surface area contributed by atoms with Gasteiger partial charge in [-0.05, 0) is 54.8 Å². The summed E-state index contributed by atoms with van der Waals surface area (Å²) >= 11 is 0. The first-order chi connectivity index (χ1) is 10.2. The van der Waals surface area contributed by atoms with E-state index >= 15 is 0 Å². The zero-order valence-electron chi connectivity index (χ0n) is 12.4. The Balaban J connectivity index is 1.93. The van der Waals surface area contributed by atoms with E-state index < -0.39 is 0 Å². The number of hydrogen-bond donors (Lipinski definition) is 2. The van der Waals surface area contributed by atoms with Gasteiger partial charge in [0, 0.05) is 16.9 Å². The normalized spacial score (nSPS) is 10.3. The van der Waals surface area contributed by atoms with Gasteiger partial charge < -0.3 is 11.1 Å². The Labute approximate surface area is 126 Å². The number of anilines is 2. The number of nitrogens with one attached hydrogen (secondary N) is 1. The molecule has 0 atom stereocenters. The Morgan fingerprint density at radius 2 is 1.67 bits per heavy atom. The Hall–Kier alpha value is -2.29. The molecule has 0 aliphatic heterocycles. The molecule has 110 valence electrons. The molecule has 3 nitrogen and oxygen atoms in total. The minimum absolute atomic E-state index is 0.117. The number of carbonyl (C=O) groups is 1. The third kappa shape index (κ3) is 4.63. The van der Waals surface area contributed by atoms with Crippen LogP contribution in [0.4, 0.5) is 11.4 Å². The maximum atomic E-state index is 12.1. The van der Waals surface area contributed by atoms with Crippen molar-refractivity contribution in [1.29, 1.82) is 0 Å². The second-order valence-electron chi connectivity index (χ2n) is 5.23. The summed E-state index contributed by atoms with van der Waals surface area (Å²) in [5.41, 5.74) is 9.01. The minimum Gasteiger partial charge on any atom is -0.399 e. The van der Waals surface area contributed by atoms with Crippen LogP contribution < -0.4 is 11.1 Å². The molecule has 2 aromatic rings. The van der Waals surface area contributed by atoms with E-state index in [4.69, 9.17) is 5.73 Å². The van der Waals surface area contributed by atoms with Crippen LogP contribution in [0, 0.1) is 0 Å². The highest BCUT2D eigenvalue weighted by atomic mass is 16.1. The molecule has 0 saturated heterocycles. The fraction of sp³-hybridized carbons (Fsp3) is 0.278. The number of rotatable bonds is 6. The van der Waals surface area contributed by atoms with Crippen LogP contribution in [0.25, 0.3) is 0 Å². The number of nitrogen functional groups attached to an aromatic ring is 1. The van der Waals surface area contributed by atoms with Crippen LogP contribution in [-0.2, 0) is 6.42 Å². The van der Waals surface area contributed by atoms with Crippen LogP contribution in [0.3, 0.4) is 0 Å². The first kappa shape index (κ1) is 15.1. The molecule has 1 amide bonds. The maximum absolute atomic E-state index is 12.1. The summed E-state index contributed by atoms with van der Waals surface area (Å²) < 4.78 is 0. The lowest BCUT2D eigenvalue weighted by Gasteiger charge is -2.07. The monoisotopic (exact) mass is 282 g/mol. The largest absolute Gasteiger partial charge is 0.399 e. The highest BCUT2D eigenvalue weighted by Gasteiger charge is 2.05. The van der Waals surface area contributed by atoms with E-state index in [-0.39, 0.29) is 5.91 Å². The SMILES string of the molecule is CCCCCc1ccc(NC(=O)c2ccc(N)cc2)cc1. The van der Waals surface area contributed by atoms with Crippen molar-refractivity contribution in [2.24, 2.45) is 0 Å². The molecule has 2 rings (SSSR count). The van der Waals surface area contributed by atoms with Crippen molar-refractivity contribution in [2.45, 2.75) is 32.6 Å². The number of unbranched alkanes of at least 4 members (excludes halogenated alkanes) is 2. The maximum Gasteiger partial charge on any atom is 0.255 e. The van der Waals surface area contributed by atoms with Gasteiger partial charge in [-0.3, -0.25) is 4.79 Å². The Bertz CT molecular complexity index is 573. The predicted octanol–water partition coefficient (Wildman–Crippen LogP) is 4.25. The first-order valence-corrected chi connectivity index (χ1v) is 7.45. The molecule has 0 heterocycles. The molecule has 3 N–H and O–H groups in total. The molecule has 0 aromatic heterocycles. The second-order valence-corrected chi connectivity index (χ2v) is 5.23. The van der Waals surface area contributed by atoms with Crippen LogP contribution in [0.5, 0.6) is 0 Å². The van der Waals surface area contributed by atoms with Gasteiger partial charge in [0.2, 0.25) is 0 Å². The lowest BCUT2D eigenvalue weighted by molar-refractivity contribution is 0.102. The Morgan fingerprint density at radius 1 is 1.00 bits per heavy atom. The fourth-order valence-corrected chi connectivity index (χ4v) is 2.17. The minimum atomic E-state index is -0.117. The van der Waals surface area contributed by atoms with Crippen LogP contribution in [-0.4, -0.2) is 5.91 Å². The third-order valence-corrected chi connectivity index (χ3v) is 3.45. The van der Waals surface area contributed by atoms with Crippen molar-refractivity contribution in [1.82, 2.24) is 0 Å². The van der Waals surface area contributed by atoms with E-state index in [2.05, 4.69) is 24.4 Å². The number of hydrogen-bond acceptors (Lipinski definition) is 2. The zero-order chi connectivity index (χ0) is 15.1. The van der Waals surface area contributed by atoms with E-state index in [1.165, 1.54) is 24.8 Å². The summed E-state index contributed by atoms with van der Waals surface area (Å²) in [4.78, 5) is 12.1. The van der Waals surface area contributed by atoms with E-state index in [1.807, 2.05) is 12.1 Å². The van der Waals surface area contributed by atoms with Gasteiger partial charge in [0.05, 0.1) is 0 Å². The van der Waals surface area contributed by atoms with Gasteiger partial charge in [0.25, 0.3) is 5.91 Å². The summed E-state index contributed by atoms with van der Waals surface area (Å²) in [5.74, 6) is -0.117. The Morgan fingerprint density at radius 3 is 2.29 bits per heavy atom. The smallest absolute Gasteiger partial charge is 0.255 e. The van der Waals surface area contributed by atoms with E-state index in [1.54, 1.807) is 24.3 Å². The summed E-state index contributed by atoms with van der Waals surface area (Å²) in [7, 11) is 0. The van der Waals surface area contributed by atoms with E-state index in [9.17, 15) is 4.79 Å². The average molecular weight is 282 g/mol. The highest BCUT2D eigenvalue weighted by molar-refractivity contribution is 6.04. The number of carbonyl (C=O) groups excluding carboxylic acids is 1. The van der Waals surface area contributed by atoms with Gasteiger partial charge in [-0.15, -0.1) is 0 Å². The van der Waals surface area contributed by atoms with Gasteiger partial charge >= 0.3 is 0 Å². The van der Waals surface area contributed by atoms with Crippen LogP contribution in [0.15, 0.2) is 48.5 Å². The lowest BCUT2D eigenvalue weighted by atomic mass is 10.1. The van der Waals surface area contributed by atoms with E-state index in [0.29, 0.717) is 11.3 Å². The van der Waals surface area contributed by atoms with E-state index in [0.717, 1.165) is 12.1 Å². The summed E-state index contributed by atoms with van der Waals surface area (Å²) in [6.07, 6.45) is 4.80. The topological polar surface area (TPSA) is 55.1 Å². The molecule has 2 aromatic carbocycles. The molecule has 0 aliphatic rings. The quantitative estimate of drug-likeness (QED) is 0.614. The van der Waals surface area contributed by atoms with Gasteiger partial charge in [-0.2, -0.15) is 0 Å². The molecule has 0 saturated carbocycles. The van der Waals surface area contributed by atoms with Crippen molar-refractivity contribution in [3.8, 4) is 0 Å². The van der Waals surface area contributed by atoms with Crippen LogP contribution >= 0.6 is 0 Å². The molecule has 0 radical (unpaired) electrons.